The number of H-pyrrole nitrogens is 1. The number of hydrogen-bond donors (Lipinski definition) is 2. The van der Waals surface area contributed by atoms with E-state index in [0.717, 1.165) is 17.1 Å². The molecule has 2 N–H and O–H groups in total. The summed E-state index contributed by atoms with van der Waals surface area (Å²) < 4.78 is 1.52. The van der Waals surface area contributed by atoms with Gasteiger partial charge in [0.15, 0.2) is 5.69 Å². The van der Waals surface area contributed by atoms with Gasteiger partial charge in [0.05, 0.1) is 12.7 Å². The second-order valence-corrected chi connectivity index (χ2v) is 5.52. The van der Waals surface area contributed by atoms with Gasteiger partial charge in [0.1, 0.15) is 0 Å². The molecular formula is C15H14N4O2. The SMILES string of the molecule is O=C(O)c1cn(Cc2cc3cc(C4CC4)ccc3[nH]2)nn1. The van der Waals surface area contributed by atoms with Gasteiger partial charge < -0.3 is 10.1 Å². The van der Waals surface area contributed by atoms with Crippen molar-refractivity contribution in [3.8, 4) is 0 Å². The fourth-order valence-corrected chi connectivity index (χ4v) is 2.62. The largest absolute Gasteiger partial charge is 0.476 e. The van der Waals surface area contributed by atoms with Crippen molar-refractivity contribution in [2.45, 2.75) is 25.3 Å². The molecule has 6 heteroatoms. The zero-order valence-electron chi connectivity index (χ0n) is 11.3. The van der Waals surface area contributed by atoms with E-state index < -0.39 is 5.97 Å². The predicted molar refractivity (Wildman–Crippen MR) is 76.4 cm³/mol. The Hall–Kier alpha value is -2.63. The first-order chi connectivity index (χ1) is 10.2. The third kappa shape index (κ3) is 2.29. The summed E-state index contributed by atoms with van der Waals surface area (Å²) in [5.41, 5.74) is 3.44. The Balaban J connectivity index is 1.61. The summed E-state index contributed by atoms with van der Waals surface area (Å²) in [6, 6.07) is 8.61. The van der Waals surface area contributed by atoms with Crippen LogP contribution >= 0.6 is 0 Å². The maximum Gasteiger partial charge on any atom is 0.358 e. The van der Waals surface area contributed by atoms with E-state index in [1.54, 1.807) is 0 Å². The van der Waals surface area contributed by atoms with Crippen LogP contribution in [0, 0.1) is 0 Å². The number of hydrogen-bond acceptors (Lipinski definition) is 3. The van der Waals surface area contributed by atoms with Gasteiger partial charge in [0.2, 0.25) is 0 Å². The number of aromatic carboxylic acids is 1. The van der Waals surface area contributed by atoms with Crippen molar-refractivity contribution in [3.63, 3.8) is 0 Å². The average Bonchev–Trinajstić information content (AvgIpc) is 3.07. The molecule has 0 saturated heterocycles. The maximum atomic E-state index is 10.8. The number of aromatic nitrogens is 4. The third-order valence-electron chi connectivity index (χ3n) is 3.84. The molecule has 1 aliphatic rings. The minimum Gasteiger partial charge on any atom is -0.476 e. The van der Waals surface area contributed by atoms with Gasteiger partial charge in [-0.15, -0.1) is 5.10 Å². The molecule has 3 aromatic rings. The molecular weight excluding hydrogens is 268 g/mol. The van der Waals surface area contributed by atoms with Crippen molar-refractivity contribution in [2.75, 3.05) is 0 Å². The summed E-state index contributed by atoms with van der Waals surface area (Å²) >= 11 is 0. The summed E-state index contributed by atoms with van der Waals surface area (Å²) in [5.74, 6) is -0.326. The molecule has 1 fully saturated rings. The molecule has 2 aromatic heterocycles. The average molecular weight is 282 g/mol. The number of benzene rings is 1. The number of nitrogens with one attached hydrogen (secondary N) is 1. The quantitative estimate of drug-likeness (QED) is 0.769. The van der Waals surface area contributed by atoms with E-state index in [2.05, 4.69) is 39.6 Å². The Kier molecular flexibility index (Phi) is 2.57. The topological polar surface area (TPSA) is 83.8 Å². The number of carboxylic acid groups (broad SMARTS) is 1. The number of carboxylic acids is 1. The van der Waals surface area contributed by atoms with Gasteiger partial charge >= 0.3 is 5.97 Å². The van der Waals surface area contributed by atoms with Crippen LogP contribution in [0.5, 0.6) is 0 Å². The van der Waals surface area contributed by atoms with Crippen molar-refractivity contribution in [1.29, 1.82) is 0 Å². The Labute approximate surface area is 120 Å². The van der Waals surface area contributed by atoms with Crippen molar-refractivity contribution >= 4 is 16.9 Å². The number of fused-ring (bicyclic) bond motifs is 1. The van der Waals surface area contributed by atoms with Gasteiger partial charge in [-0.1, -0.05) is 11.3 Å². The van der Waals surface area contributed by atoms with Crippen LogP contribution in [-0.4, -0.2) is 31.1 Å². The minimum absolute atomic E-state index is 0.0397. The predicted octanol–water partition coefficient (Wildman–Crippen LogP) is 2.38. The molecule has 0 bridgehead atoms. The summed E-state index contributed by atoms with van der Waals surface area (Å²) in [5, 5.41) is 17.5. The van der Waals surface area contributed by atoms with Crippen LogP contribution in [0.3, 0.4) is 0 Å². The Morgan fingerprint density at radius 2 is 2.24 bits per heavy atom. The number of nitrogens with zero attached hydrogens (tertiary/aromatic N) is 3. The van der Waals surface area contributed by atoms with Gasteiger partial charge in [0, 0.05) is 11.2 Å². The van der Waals surface area contributed by atoms with Crippen molar-refractivity contribution in [2.24, 2.45) is 0 Å². The zero-order chi connectivity index (χ0) is 14.4. The maximum absolute atomic E-state index is 10.8. The van der Waals surface area contributed by atoms with Crippen LogP contribution in [0.2, 0.25) is 0 Å². The van der Waals surface area contributed by atoms with E-state index in [0.29, 0.717) is 6.54 Å². The molecule has 4 rings (SSSR count). The molecule has 0 unspecified atom stereocenters. The molecule has 1 aromatic carbocycles. The van der Waals surface area contributed by atoms with Gasteiger partial charge in [-0.05, 0) is 47.9 Å². The zero-order valence-corrected chi connectivity index (χ0v) is 11.3. The Morgan fingerprint density at radius 3 is 2.95 bits per heavy atom. The van der Waals surface area contributed by atoms with Gasteiger partial charge in [-0.3, -0.25) is 0 Å². The summed E-state index contributed by atoms with van der Waals surface area (Å²) in [4.78, 5) is 14.1. The molecule has 0 radical (unpaired) electrons. The molecule has 6 nitrogen and oxygen atoms in total. The van der Waals surface area contributed by atoms with Crippen LogP contribution in [0.4, 0.5) is 0 Å². The van der Waals surface area contributed by atoms with Crippen molar-refractivity contribution < 1.29 is 9.90 Å². The fourth-order valence-electron chi connectivity index (χ4n) is 2.62. The first-order valence-corrected chi connectivity index (χ1v) is 6.94. The molecule has 0 aliphatic heterocycles. The van der Waals surface area contributed by atoms with Crippen molar-refractivity contribution in [1.82, 2.24) is 20.0 Å². The summed E-state index contributed by atoms with van der Waals surface area (Å²) in [7, 11) is 0. The van der Waals surface area contributed by atoms with Crippen LogP contribution < -0.4 is 0 Å². The summed E-state index contributed by atoms with van der Waals surface area (Å²) in [6.07, 6.45) is 4.02. The standard InChI is InChI=1S/C15H14N4O2/c20-15(21)14-8-19(18-17-14)7-12-6-11-5-10(9-1-2-9)3-4-13(11)16-12/h3-6,8-9,16H,1-2,7H2,(H,20,21). The Bertz CT molecular complexity index is 829. The smallest absolute Gasteiger partial charge is 0.358 e. The van der Waals surface area contributed by atoms with Crippen LogP contribution in [0.1, 0.15) is 40.5 Å². The summed E-state index contributed by atoms with van der Waals surface area (Å²) in [6.45, 7) is 0.480. The lowest BCUT2D eigenvalue weighted by molar-refractivity contribution is 0.0690. The molecule has 1 saturated carbocycles. The van der Waals surface area contributed by atoms with Crippen molar-refractivity contribution in [3.05, 3.63) is 47.4 Å². The lowest BCUT2D eigenvalue weighted by Crippen LogP contribution is -2.00. The molecule has 0 amide bonds. The first-order valence-electron chi connectivity index (χ1n) is 6.94. The second kappa shape index (κ2) is 4.44. The highest BCUT2D eigenvalue weighted by molar-refractivity contribution is 5.84. The molecule has 0 spiro atoms. The van der Waals surface area contributed by atoms with Gasteiger partial charge in [-0.2, -0.15) is 0 Å². The number of aromatic amines is 1. The lowest BCUT2D eigenvalue weighted by atomic mass is 10.1. The minimum atomic E-state index is -1.06. The van der Waals surface area contributed by atoms with E-state index in [1.807, 2.05) is 0 Å². The van der Waals surface area contributed by atoms with Crippen LogP contribution in [-0.2, 0) is 6.54 Å². The highest BCUT2D eigenvalue weighted by Crippen LogP contribution is 2.40. The van der Waals surface area contributed by atoms with E-state index in [1.165, 1.54) is 34.7 Å². The molecule has 2 heterocycles. The third-order valence-corrected chi connectivity index (χ3v) is 3.84. The molecule has 0 atom stereocenters. The normalized spacial score (nSPS) is 14.7. The van der Waals surface area contributed by atoms with Gasteiger partial charge in [-0.25, -0.2) is 9.48 Å². The van der Waals surface area contributed by atoms with E-state index in [-0.39, 0.29) is 5.69 Å². The number of carbonyl (C=O) groups is 1. The molecule has 21 heavy (non-hydrogen) atoms. The number of rotatable bonds is 4. The van der Waals surface area contributed by atoms with E-state index >= 15 is 0 Å². The molecule has 106 valence electrons. The van der Waals surface area contributed by atoms with Crippen LogP contribution in [0.25, 0.3) is 10.9 Å². The van der Waals surface area contributed by atoms with E-state index in [4.69, 9.17) is 5.11 Å². The fraction of sp³-hybridized carbons (Fsp3) is 0.267. The highest BCUT2D eigenvalue weighted by Gasteiger charge is 2.23. The monoisotopic (exact) mass is 282 g/mol. The van der Waals surface area contributed by atoms with Gasteiger partial charge in [0.25, 0.3) is 0 Å². The first kappa shape index (κ1) is 12.1. The highest BCUT2D eigenvalue weighted by atomic mass is 16.4. The lowest BCUT2D eigenvalue weighted by Gasteiger charge is -1.96. The Morgan fingerprint density at radius 1 is 1.38 bits per heavy atom. The second-order valence-electron chi connectivity index (χ2n) is 5.52. The molecule has 1 aliphatic carbocycles. The van der Waals surface area contributed by atoms with E-state index in [9.17, 15) is 4.79 Å². The van der Waals surface area contributed by atoms with Crippen LogP contribution in [0.15, 0.2) is 30.5 Å².